The van der Waals surface area contributed by atoms with Gasteiger partial charge in [-0.15, -0.1) is 0 Å². The smallest absolute Gasteiger partial charge is 0.131 e. The molecule has 6 heteroatoms. The fraction of sp³-hybridized carbons (Fsp3) is 0.800. The van der Waals surface area contributed by atoms with Gasteiger partial charge in [0.25, 0.3) is 0 Å². The maximum absolute atomic E-state index is 5.95. The molecule has 118 valence electrons. The zero-order valence-electron chi connectivity index (χ0n) is 13.3. The van der Waals surface area contributed by atoms with E-state index in [2.05, 4.69) is 22.2 Å². The first-order chi connectivity index (χ1) is 10.2. The van der Waals surface area contributed by atoms with Crippen LogP contribution in [-0.2, 0) is 23.1 Å². The van der Waals surface area contributed by atoms with Crippen molar-refractivity contribution in [1.29, 1.82) is 0 Å². The van der Waals surface area contributed by atoms with E-state index in [1.54, 1.807) is 7.11 Å². The number of rotatable bonds is 6. The predicted octanol–water partition coefficient (Wildman–Crippen LogP) is 0.832. The topological polar surface area (TPSA) is 51.5 Å². The summed E-state index contributed by atoms with van der Waals surface area (Å²) in [4.78, 5) is 2.46. The van der Waals surface area contributed by atoms with Crippen LogP contribution in [-0.4, -0.2) is 55.3 Å². The number of hydrogen-bond donors (Lipinski definition) is 1. The summed E-state index contributed by atoms with van der Waals surface area (Å²) in [7, 11) is 3.77. The quantitative estimate of drug-likeness (QED) is 0.788. The van der Waals surface area contributed by atoms with Crippen molar-refractivity contribution < 1.29 is 9.47 Å². The van der Waals surface area contributed by atoms with Gasteiger partial charge in [-0.2, -0.15) is 5.10 Å². The van der Waals surface area contributed by atoms with Crippen molar-refractivity contribution in [2.24, 2.45) is 7.05 Å². The zero-order valence-corrected chi connectivity index (χ0v) is 13.3. The first-order valence-corrected chi connectivity index (χ1v) is 7.81. The number of aromatic nitrogens is 2. The number of aryl methyl sites for hydroxylation is 2. The summed E-state index contributed by atoms with van der Waals surface area (Å²) < 4.78 is 13.1. The first-order valence-electron chi connectivity index (χ1n) is 7.81. The lowest BCUT2D eigenvalue weighted by Gasteiger charge is -2.34. The number of nitrogens with one attached hydrogen (secondary N) is 1. The summed E-state index contributed by atoms with van der Waals surface area (Å²) in [5.74, 6) is 1.25. The van der Waals surface area contributed by atoms with Crippen molar-refractivity contribution in [2.75, 3.05) is 38.3 Å². The van der Waals surface area contributed by atoms with Crippen LogP contribution >= 0.6 is 0 Å². The molecule has 1 aromatic rings. The van der Waals surface area contributed by atoms with E-state index < -0.39 is 0 Å². The molecule has 0 radical (unpaired) electrons. The summed E-state index contributed by atoms with van der Waals surface area (Å²) in [6, 6.07) is 0. The van der Waals surface area contributed by atoms with Crippen LogP contribution < -0.4 is 10.2 Å². The van der Waals surface area contributed by atoms with Gasteiger partial charge in [-0.1, -0.05) is 0 Å². The van der Waals surface area contributed by atoms with Crippen molar-refractivity contribution in [3.8, 4) is 0 Å². The second kappa shape index (κ2) is 6.34. The van der Waals surface area contributed by atoms with Crippen LogP contribution in [0.5, 0.6) is 0 Å². The van der Waals surface area contributed by atoms with Gasteiger partial charge < -0.3 is 19.7 Å². The normalized spacial score (nSPS) is 24.8. The van der Waals surface area contributed by atoms with Gasteiger partial charge >= 0.3 is 0 Å². The Labute approximate surface area is 126 Å². The molecule has 2 unspecified atom stereocenters. The SMILES string of the molecule is COCCNCc1c(C)nn(C)c1N1CC2CCC(C1)O2. The number of ether oxygens (including phenoxy) is 2. The van der Waals surface area contributed by atoms with Gasteiger partial charge in [0.1, 0.15) is 5.82 Å². The third kappa shape index (κ3) is 3.07. The Morgan fingerprint density at radius 2 is 2.05 bits per heavy atom. The zero-order chi connectivity index (χ0) is 14.8. The molecular formula is C15H26N4O2. The number of hydrogen-bond acceptors (Lipinski definition) is 5. The van der Waals surface area contributed by atoms with E-state index >= 15 is 0 Å². The number of fused-ring (bicyclic) bond motifs is 2. The van der Waals surface area contributed by atoms with E-state index in [1.165, 1.54) is 24.2 Å². The van der Waals surface area contributed by atoms with E-state index in [-0.39, 0.29) is 0 Å². The van der Waals surface area contributed by atoms with Crippen LogP contribution in [0.2, 0.25) is 0 Å². The van der Waals surface area contributed by atoms with E-state index in [1.807, 2.05) is 11.7 Å². The van der Waals surface area contributed by atoms with Gasteiger partial charge in [-0.25, -0.2) is 0 Å². The second-order valence-corrected chi connectivity index (χ2v) is 6.04. The second-order valence-electron chi connectivity index (χ2n) is 6.04. The molecule has 2 aliphatic rings. The Morgan fingerprint density at radius 3 is 2.71 bits per heavy atom. The van der Waals surface area contributed by atoms with Crippen LogP contribution in [0.15, 0.2) is 0 Å². The summed E-state index contributed by atoms with van der Waals surface area (Å²) in [6.07, 6.45) is 3.18. The highest BCUT2D eigenvalue weighted by Crippen LogP contribution is 2.32. The molecule has 21 heavy (non-hydrogen) atoms. The van der Waals surface area contributed by atoms with Crippen LogP contribution in [0.25, 0.3) is 0 Å². The third-order valence-corrected chi connectivity index (χ3v) is 4.44. The van der Waals surface area contributed by atoms with Gasteiger partial charge in [-0.05, 0) is 19.8 Å². The maximum atomic E-state index is 5.95. The molecule has 3 rings (SSSR count). The lowest BCUT2D eigenvalue weighted by Crippen LogP contribution is -2.44. The fourth-order valence-corrected chi connectivity index (χ4v) is 3.47. The van der Waals surface area contributed by atoms with Crippen LogP contribution in [0, 0.1) is 6.92 Å². The molecule has 2 bridgehead atoms. The summed E-state index contributed by atoms with van der Waals surface area (Å²) in [6.45, 7) is 6.49. The monoisotopic (exact) mass is 294 g/mol. The van der Waals surface area contributed by atoms with Crippen molar-refractivity contribution >= 4 is 5.82 Å². The number of anilines is 1. The van der Waals surface area contributed by atoms with Gasteiger partial charge in [0.2, 0.25) is 0 Å². The molecule has 0 spiro atoms. The lowest BCUT2D eigenvalue weighted by atomic mass is 10.2. The molecule has 6 nitrogen and oxygen atoms in total. The van der Waals surface area contributed by atoms with Crippen molar-refractivity contribution in [2.45, 2.75) is 38.5 Å². The van der Waals surface area contributed by atoms with Crippen LogP contribution in [0.4, 0.5) is 5.82 Å². The Kier molecular flexibility index (Phi) is 4.47. The minimum absolute atomic E-state index is 0.397. The van der Waals surface area contributed by atoms with E-state index in [4.69, 9.17) is 9.47 Å². The first kappa shape index (κ1) is 14.8. The van der Waals surface area contributed by atoms with Crippen molar-refractivity contribution in [3.63, 3.8) is 0 Å². The molecule has 2 aliphatic heterocycles. The average molecular weight is 294 g/mol. The number of methoxy groups -OCH3 is 1. The minimum Gasteiger partial charge on any atom is -0.383 e. The Hall–Kier alpha value is -1.11. The van der Waals surface area contributed by atoms with Crippen LogP contribution in [0.1, 0.15) is 24.1 Å². The predicted molar refractivity (Wildman–Crippen MR) is 81.6 cm³/mol. The van der Waals surface area contributed by atoms with Gasteiger partial charge in [0, 0.05) is 45.9 Å². The molecule has 0 aliphatic carbocycles. The Balaban J connectivity index is 1.74. The van der Waals surface area contributed by atoms with Gasteiger partial charge in [-0.3, -0.25) is 4.68 Å². The van der Waals surface area contributed by atoms with E-state index in [0.717, 1.165) is 38.5 Å². The highest BCUT2D eigenvalue weighted by molar-refractivity contribution is 5.51. The van der Waals surface area contributed by atoms with Gasteiger partial charge in [0.15, 0.2) is 0 Å². The van der Waals surface area contributed by atoms with Crippen molar-refractivity contribution in [1.82, 2.24) is 15.1 Å². The third-order valence-electron chi connectivity index (χ3n) is 4.44. The van der Waals surface area contributed by atoms with Crippen molar-refractivity contribution in [3.05, 3.63) is 11.3 Å². The Morgan fingerprint density at radius 1 is 1.33 bits per heavy atom. The molecule has 0 saturated carbocycles. The molecule has 2 saturated heterocycles. The molecular weight excluding hydrogens is 268 g/mol. The summed E-state index contributed by atoms with van der Waals surface area (Å²) >= 11 is 0. The molecule has 2 fully saturated rings. The average Bonchev–Trinajstić information content (AvgIpc) is 2.94. The van der Waals surface area contributed by atoms with E-state index in [9.17, 15) is 0 Å². The largest absolute Gasteiger partial charge is 0.383 e. The number of morpholine rings is 1. The maximum Gasteiger partial charge on any atom is 0.131 e. The number of nitrogens with zero attached hydrogens (tertiary/aromatic N) is 3. The molecule has 1 N–H and O–H groups in total. The molecule has 0 amide bonds. The molecule has 3 heterocycles. The fourth-order valence-electron chi connectivity index (χ4n) is 3.47. The lowest BCUT2D eigenvalue weighted by molar-refractivity contribution is 0.0299. The minimum atomic E-state index is 0.397. The molecule has 0 aromatic carbocycles. The van der Waals surface area contributed by atoms with Crippen LogP contribution in [0.3, 0.4) is 0 Å². The Bertz CT molecular complexity index is 476. The van der Waals surface area contributed by atoms with Gasteiger partial charge in [0.05, 0.1) is 24.5 Å². The summed E-state index contributed by atoms with van der Waals surface area (Å²) in [5.41, 5.74) is 2.41. The highest BCUT2D eigenvalue weighted by Gasteiger charge is 2.35. The van der Waals surface area contributed by atoms with E-state index in [0.29, 0.717) is 12.2 Å². The highest BCUT2D eigenvalue weighted by atomic mass is 16.5. The molecule has 1 aromatic heterocycles. The summed E-state index contributed by atoms with van der Waals surface area (Å²) in [5, 5.41) is 8.06. The standard InChI is InChI=1S/C15H26N4O2/c1-11-14(8-16-6-7-20-3)15(18(2)17-11)19-9-12-4-5-13(10-19)21-12/h12-13,16H,4-10H2,1-3H3. The molecule has 2 atom stereocenters.